The molecule has 0 spiro atoms. The van der Waals surface area contributed by atoms with Crippen LogP contribution in [0.5, 0.6) is 5.75 Å². The topological polar surface area (TPSA) is 65.0 Å². The van der Waals surface area contributed by atoms with Gasteiger partial charge in [0.2, 0.25) is 0 Å². The predicted octanol–water partition coefficient (Wildman–Crippen LogP) is 2.40. The maximum Gasteiger partial charge on any atom is 0.306 e. The number of carboxylic acids is 1. The lowest BCUT2D eigenvalue weighted by Gasteiger charge is -2.25. The first-order valence-corrected chi connectivity index (χ1v) is 6.92. The minimum Gasteiger partial charge on any atom is -0.497 e. The summed E-state index contributed by atoms with van der Waals surface area (Å²) in [7, 11) is 1.63. The lowest BCUT2D eigenvalue weighted by atomic mass is 10.1. The van der Waals surface area contributed by atoms with Crippen LogP contribution >= 0.6 is 0 Å². The van der Waals surface area contributed by atoms with Crippen LogP contribution in [-0.2, 0) is 20.9 Å². The smallest absolute Gasteiger partial charge is 0.306 e. The Morgan fingerprint density at radius 1 is 1.38 bits per heavy atom. The molecule has 0 saturated heterocycles. The molecule has 2 atom stereocenters. The molecule has 1 aromatic rings. The van der Waals surface area contributed by atoms with Gasteiger partial charge < -0.3 is 19.3 Å². The molecule has 0 radical (unpaired) electrons. The molecule has 2 rings (SSSR count). The van der Waals surface area contributed by atoms with E-state index in [0.29, 0.717) is 13.2 Å². The molecule has 5 heteroatoms. The van der Waals surface area contributed by atoms with Crippen molar-refractivity contribution in [1.82, 2.24) is 0 Å². The number of hydrogen-bond acceptors (Lipinski definition) is 4. The molecule has 21 heavy (non-hydrogen) atoms. The third-order valence-electron chi connectivity index (χ3n) is 3.22. The van der Waals surface area contributed by atoms with Crippen LogP contribution in [0.4, 0.5) is 0 Å². The van der Waals surface area contributed by atoms with Gasteiger partial charge in [-0.25, -0.2) is 0 Å². The fourth-order valence-corrected chi connectivity index (χ4v) is 2.16. The number of rotatable bonds is 7. The van der Waals surface area contributed by atoms with Crippen LogP contribution in [0.25, 0.3) is 0 Å². The van der Waals surface area contributed by atoms with E-state index in [1.807, 2.05) is 30.3 Å². The summed E-state index contributed by atoms with van der Waals surface area (Å²) >= 11 is 0. The van der Waals surface area contributed by atoms with Gasteiger partial charge in [0.15, 0.2) is 0 Å². The Bertz CT molecular complexity index is 480. The van der Waals surface area contributed by atoms with Gasteiger partial charge in [0.05, 0.1) is 39.0 Å². The van der Waals surface area contributed by atoms with Crippen molar-refractivity contribution >= 4 is 5.97 Å². The molecule has 0 unspecified atom stereocenters. The van der Waals surface area contributed by atoms with Crippen LogP contribution in [-0.4, -0.2) is 37.0 Å². The third kappa shape index (κ3) is 5.21. The first-order valence-electron chi connectivity index (χ1n) is 6.92. The number of aliphatic carboxylic acids is 1. The summed E-state index contributed by atoms with van der Waals surface area (Å²) in [6.45, 7) is 0.948. The third-order valence-corrected chi connectivity index (χ3v) is 3.22. The van der Waals surface area contributed by atoms with E-state index in [-0.39, 0.29) is 18.6 Å². The summed E-state index contributed by atoms with van der Waals surface area (Å²) in [5, 5.41) is 8.76. The highest BCUT2D eigenvalue weighted by atomic mass is 16.5. The standard InChI is InChI=1S/C16H20O5/c1-19-13-7-5-12(6-8-13)10-20-11-15-4-2-3-14(21-15)9-16(17)18/h2-3,5-8,14-15H,4,9-11H2,1H3,(H,17,18)/t14-,15-/m1/s1. The second kappa shape index (κ2) is 7.81. The maximum absolute atomic E-state index is 10.7. The van der Waals surface area contributed by atoms with Crippen LogP contribution in [0.2, 0.25) is 0 Å². The first-order chi connectivity index (χ1) is 10.2. The van der Waals surface area contributed by atoms with E-state index < -0.39 is 5.97 Å². The van der Waals surface area contributed by atoms with Gasteiger partial charge in [0, 0.05) is 0 Å². The lowest BCUT2D eigenvalue weighted by molar-refractivity contribution is -0.141. The number of benzene rings is 1. The highest BCUT2D eigenvalue weighted by molar-refractivity contribution is 5.67. The highest BCUT2D eigenvalue weighted by Gasteiger charge is 2.20. The Morgan fingerprint density at radius 2 is 2.14 bits per heavy atom. The monoisotopic (exact) mass is 292 g/mol. The van der Waals surface area contributed by atoms with Gasteiger partial charge in [0.25, 0.3) is 0 Å². The number of carbonyl (C=O) groups is 1. The van der Waals surface area contributed by atoms with Gasteiger partial charge in [0.1, 0.15) is 5.75 Å². The summed E-state index contributed by atoms with van der Waals surface area (Å²) in [5.74, 6) is -0.0412. The number of methoxy groups -OCH3 is 1. The Morgan fingerprint density at radius 3 is 2.81 bits per heavy atom. The second-order valence-electron chi connectivity index (χ2n) is 4.92. The molecule has 114 valence electrons. The van der Waals surface area contributed by atoms with Crippen molar-refractivity contribution in [3.05, 3.63) is 42.0 Å². The van der Waals surface area contributed by atoms with Crippen molar-refractivity contribution in [1.29, 1.82) is 0 Å². The SMILES string of the molecule is COc1ccc(COC[C@H]2CC=C[C@H](CC(=O)O)O2)cc1. The van der Waals surface area contributed by atoms with Crippen molar-refractivity contribution in [3.8, 4) is 5.75 Å². The van der Waals surface area contributed by atoms with Gasteiger partial charge in [-0.05, 0) is 24.1 Å². The lowest BCUT2D eigenvalue weighted by Crippen LogP contribution is -2.29. The quantitative estimate of drug-likeness (QED) is 0.782. The van der Waals surface area contributed by atoms with Crippen LogP contribution in [0, 0.1) is 0 Å². The normalized spacial score (nSPS) is 21.2. The zero-order valence-electron chi connectivity index (χ0n) is 12.0. The molecule has 5 nitrogen and oxygen atoms in total. The van der Waals surface area contributed by atoms with E-state index >= 15 is 0 Å². The van der Waals surface area contributed by atoms with Gasteiger partial charge in [-0.1, -0.05) is 24.3 Å². The van der Waals surface area contributed by atoms with Gasteiger partial charge >= 0.3 is 5.97 Å². The zero-order valence-corrected chi connectivity index (χ0v) is 12.0. The van der Waals surface area contributed by atoms with Crippen LogP contribution in [0.15, 0.2) is 36.4 Å². The van der Waals surface area contributed by atoms with E-state index in [1.54, 1.807) is 13.2 Å². The predicted molar refractivity (Wildman–Crippen MR) is 77.3 cm³/mol. The van der Waals surface area contributed by atoms with E-state index in [2.05, 4.69) is 0 Å². The minimum absolute atomic E-state index is 0.00845. The molecule has 0 saturated carbocycles. The Kier molecular flexibility index (Phi) is 5.78. The largest absolute Gasteiger partial charge is 0.497 e. The first kappa shape index (κ1) is 15.5. The van der Waals surface area contributed by atoms with E-state index in [9.17, 15) is 4.79 Å². The fraction of sp³-hybridized carbons (Fsp3) is 0.438. The molecular formula is C16H20O5. The molecule has 1 aromatic carbocycles. The Hall–Kier alpha value is -1.85. The molecule has 1 aliphatic rings. The second-order valence-corrected chi connectivity index (χ2v) is 4.92. The summed E-state index contributed by atoms with van der Waals surface area (Å²) in [6, 6.07) is 7.68. The van der Waals surface area contributed by atoms with Crippen LogP contribution in [0.1, 0.15) is 18.4 Å². The summed E-state index contributed by atoms with van der Waals surface area (Å²) < 4.78 is 16.4. The summed E-state index contributed by atoms with van der Waals surface area (Å²) in [6.07, 6.45) is 4.06. The number of carboxylic acid groups (broad SMARTS) is 1. The van der Waals surface area contributed by atoms with Crippen molar-refractivity contribution in [2.24, 2.45) is 0 Å². The molecule has 1 aliphatic heterocycles. The molecule has 0 fully saturated rings. The van der Waals surface area contributed by atoms with Crippen molar-refractivity contribution in [2.75, 3.05) is 13.7 Å². The average Bonchev–Trinajstić information content (AvgIpc) is 2.48. The molecule has 0 aromatic heterocycles. The van der Waals surface area contributed by atoms with Crippen LogP contribution < -0.4 is 4.74 Å². The van der Waals surface area contributed by atoms with E-state index in [0.717, 1.165) is 17.7 Å². The molecular weight excluding hydrogens is 272 g/mol. The maximum atomic E-state index is 10.7. The molecule has 1 heterocycles. The summed E-state index contributed by atoms with van der Waals surface area (Å²) in [5.41, 5.74) is 1.06. The Labute approximate surface area is 124 Å². The van der Waals surface area contributed by atoms with E-state index in [1.165, 1.54) is 0 Å². The fourth-order valence-electron chi connectivity index (χ4n) is 2.16. The zero-order chi connectivity index (χ0) is 15.1. The molecule has 0 bridgehead atoms. The summed E-state index contributed by atoms with van der Waals surface area (Å²) in [4.78, 5) is 10.7. The number of ether oxygens (including phenoxy) is 3. The Balaban J connectivity index is 1.73. The molecule has 1 N–H and O–H groups in total. The molecule has 0 amide bonds. The van der Waals surface area contributed by atoms with Crippen LogP contribution in [0.3, 0.4) is 0 Å². The highest BCUT2D eigenvalue weighted by Crippen LogP contribution is 2.16. The van der Waals surface area contributed by atoms with Gasteiger partial charge in [-0.3, -0.25) is 4.79 Å². The van der Waals surface area contributed by atoms with E-state index in [4.69, 9.17) is 19.3 Å². The van der Waals surface area contributed by atoms with Crippen molar-refractivity contribution < 1.29 is 24.1 Å². The number of hydrogen-bond donors (Lipinski definition) is 1. The minimum atomic E-state index is -0.857. The average molecular weight is 292 g/mol. The van der Waals surface area contributed by atoms with Gasteiger partial charge in [-0.2, -0.15) is 0 Å². The van der Waals surface area contributed by atoms with Gasteiger partial charge in [-0.15, -0.1) is 0 Å². The van der Waals surface area contributed by atoms with Crippen molar-refractivity contribution in [2.45, 2.75) is 31.7 Å². The van der Waals surface area contributed by atoms with Crippen molar-refractivity contribution in [3.63, 3.8) is 0 Å². The molecule has 0 aliphatic carbocycles.